The maximum atomic E-state index is 10.0. The van der Waals surface area contributed by atoms with Crippen molar-refractivity contribution in [1.29, 1.82) is 0 Å². The van der Waals surface area contributed by atoms with E-state index in [4.69, 9.17) is 0 Å². The van der Waals surface area contributed by atoms with Gasteiger partial charge in [0.25, 0.3) is 0 Å². The number of rotatable bonds is 0. The number of anilines is 1. The lowest BCUT2D eigenvalue weighted by atomic mass is 9.90. The SMILES string of the molecule is Cc1cc2c(cc1C)C(O)C(C)CN2. The lowest BCUT2D eigenvalue weighted by Crippen LogP contribution is -2.25. The average molecular weight is 191 g/mol. The van der Waals surface area contributed by atoms with Gasteiger partial charge in [0.2, 0.25) is 0 Å². The maximum absolute atomic E-state index is 10.0. The van der Waals surface area contributed by atoms with Gasteiger partial charge < -0.3 is 10.4 Å². The van der Waals surface area contributed by atoms with Crippen LogP contribution in [0.5, 0.6) is 0 Å². The summed E-state index contributed by atoms with van der Waals surface area (Å²) in [6.07, 6.45) is -0.314. The van der Waals surface area contributed by atoms with Gasteiger partial charge in [-0.1, -0.05) is 13.0 Å². The summed E-state index contributed by atoms with van der Waals surface area (Å²) in [7, 11) is 0. The smallest absolute Gasteiger partial charge is 0.0852 e. The van der Waals surface area contributed by atoms with Gasteiger partial charge in [0.1, 0.15) is 0 Å². The average Bonchev–Trinajstić information content (AvgIpc) is 2.15. The van der Waals surface area contributed by atoms with Gasteiger partial charge in [-0.25, -0.2) is 0 Å². The Kier molecular flexibility index (Phi) is 2.23. The van der Waals surface area contributed by atoms with Crippen molar-refractivity contribution in [3.63, 3.8) is 0 Å². The number of nitrogens with one attached hydrogen (secondary N) is 1. The van der Waals surface area contributed by atoms with Crippen LogP contribution in [-0.4, -0.2) is 11.7 Å². The predicted octanol–water partition coefficient (Wildman–Crippen LogP) is 2.40. The van der Waals surface area contributed by atoms with Gasteiger partial charge in [-0.3, -0.25) is 0 Å². The molecule has 1 aliphatic heterocycles. The van der Waals surface area contributed by atoms with E-state index in [0.717, 1.165) is 17.8 Å². The minimum absolute atomic E-state index is 0.296. The molecule has 1 aromatic rings. The molecule has 0 spiro atoms. The summed E-state index contributed by atoms with van der Waals surface area (Å²) in [5.74, 6) is 0.296. The van der Waals surface area contributed by atoms with Crippen LogP contribution in [0.2, 0.25) is 0 Å². The highest BCUT2D eigenvalue weighted by atomic mass is 16.3. The third kappa shape index (κ3) is 1.40. The van der Waals surface area contributed by atoms with Crippen molar-refractivity contribution in [2.75, 3.05) is 11.9 Å². The molecule has 0 aliphatic carbocycles. The standard InChI is InChI=1S/C12H17NO/c1-7-4-10-11(5-8(7)2)13-6-9(3)12(10)14/h4-5,9,12-14H,6H2,1-3H3. The Morgan fingerprint density at radius 3 is 2.64 bits per heavy atom. The zero-order valence-electron chi connectivity index (χ0n) is 8.96. The van der Waals surface area contributed by atoms with Gasteiger partial charge in [-0.05, 0) is 31.0 Å². The molecule has 1 heterocycles. The van der Waals surface area contributed by atoms with Crippen molar-refractivity contribution in [1.82, 2.24) is 0 Å². The monoisotopic (exact) mass is 191 g/mol. The molecule has 2 N–H and O–H groups in total. The van der Waals surface area contributed by atoms with Crippen molar-refractivity contribution in [2.24, 2.45) is 5.92 Å². The quantitative estimate of drug-likeness (QED) is 0.660. The van der Waals surface area contributed by atoms with Crippen molar-refractivity contribution in [3.8, 4) is 0 Å². The Labute approximate surface area is 85.0 Å². The van der Waals surface area contributed by atoms with Crippen LogP contribution in [-0.2, 0) is 0 Å². The Balaban J connectivity index is 2.50. The molecule has 76 valence electrons. The van der Waals surface area contributed by atoms with Crippen LogP contribution in [0.25, 0.3) is 0 Å². The number of aliphatic hydroxyl groups excluding tert-OH is 1. The molecule has 0 saturated carbocycles. The normalized spacial score (nSPS) is 25.4. The Hall–Kier alpha value is -1.02. The molecule has 0 amide bonds. The van der Waals surface area contributed by atoms with E-state index in [1.54, 1.807) is 0 Å². The van der Waals surface area contributed by atoms with Crippen LogP contribution in [0, 0.1) is 19.8 Å². The minimum atomic E-state index is -0.314. The fourth-order valence-electron chi connectivity index (χ4n) is 1.93. The summed E-state index contributed by atoms with van der Waals surface area (Å²) < 4.78 is 0. The van der Waals surface area contributed by atoms with Crippen molar-refractivity contribution >= 4 is 5.69 Å². The second-order valence-electron chi connectivity index (χ2n) is 4.33. The predicted molar refractivity (Wildman–Crippen MR) is 58.5 cm³/mol. The van der Waals surface area contributed by atoms with Crippen LogP contribution in [0.1, 0.15) is 29.7 Å². The zero-order chi connectivity index (χ0) is 10.3. The molecule has 1 aromatic carbocycles. The summed E-state index contributed by atoms with van der Waals surface area (Å²) in [6, 6.07) is 4.22. The summed E-state index contributed by atoms with van der Waals surface area (Å²) in [6.45, 7) is 7.11. The third-order valence-corrected chi connectivity index (χ3v) is 3.14. The van der Waals surface area contributed by atoms with Crippen LogP contribution in [0.4, 0.5) is 5.69 Å². The first-order valence-corrected chi connectivity index (χ1v) is 5.12. The molecule has 0 bridgehead atoms. The van der Waals surface area contributed by atoms with E-state index >= 15 is 0 Å². The first-order valence-electron chi connectivity index (χ1n) is 5.12. The molecule has 1 aliphatic rings. The number of aliphatic hydroxyl groups is 1. The van der Waals surface area contributed by atoms with Gasteiger partial charge in [-0.15, -0.1) is 0 Å². The highest BCUT2D eigenvalue weighted by Gasteiger charge is 2.24. The first-order chi connectivity index (χ1) is 6.59. The lowest BCUT2D eigenvalue weighted by Gasteiger charge is -2.29. The molecule has 14 heavy (non-hydrogen) atoms. The zero-order valence-corrected chi connectivity index (χ0v) is 8.96. The van der Waals surface area contributed by atoms with E-state index in [1.165, 1.54) is 11.1 Å². The van der Waals surface area contributed by atoms with E-state index in [-0.39, 0.29) is 6.10 Å². The van der Waals surface area contributed by atoms with Crippen LogP contribution < -0.4 is 5.32 Å². The molecule has 2 nitrogen and oxygen atoms in total. The molecular formula is C12H17NO. The van der Waals surface area contributed by atoms with Gasteiger partial charge in [0.05, 0.1) is 6.10 Å². The number of hydrogen-bond acceptors (Lipinski definition) is 2. The van der Waals surface area contributed by atoms with Crippen molar-refractivity contribution in [3.05, 3.63) is 28.8 Å². The molecule has 0 saturated heterocycles. The van der Waals surface area contributed by atoms with Gasteiger partial charge in [0.15, 0.2) is 0 Å². The van der Waals surface area contributed by atoms with E-state index in [1.807, 2.05) is 0 Å². The second kappa shape index (κ2) is 3.28. The molecule has 2 heteroatoms. The minimum Gasteiger partial charge on any atom is -0.388 e. The number of benzene rings is 1. The van der Waals surface area contributed by atoms with Crippen molar-refractivity contribution < 1.29 is 5.11 Å². The Bertz CT molecular complexity index is 360. The fourth-order valence-corrected chi connectivity index (χ4v) is 1.93. The van der Waals surface area contributed by atoms with E-state index in [9.17, 15) is 5.11 Å². The molecule has 0 fully saturated rings. The van der Waals surface area contributed by atoms with Crippen LogP contribution in [0.3, 0.4) is 0 Å². The molecule has 2 rings (SSSR count). The van der Waals surface area contributed by atoms with E-state index in [0.29, 0.717) is 5.92 Å². The van der Waals surface area contributed by atoms with Crippen molar-refractivity contribution in [2.45, 2.75) is 26.9 Å². The second-order valence-corrected chi connectivity index (χ2v) is 4.33. The van der Waals surface area contributed by atoms with Crippen LogP contribution in [0.15, 0.2) is 12.1 Å². The molecule has 0 aromatic heterocycles. The Morgan fingerprint density at radius 2 is 1.93 bits per heavy atom. The number of aryl methyl sites for hydroxylation is 2. The van der Waals surface area contributed by atoms with Crippen LogP contribution >= 0.6 is 0 Å². The van der Waals surface area contributed by atoms with Gasteiger partial charge in [-0.2, -0.15) is 0 Å². The molecule has 0 radical (unpaired) electrons. The summed E-state index contributed by atoms with van der Waals surface area (Å²) >= 11 is 0. The first kappa shape index (κ1) is 9.53. The molecular weight excluding hydrogens is 174 g/mol. The fraction of sp³-hybridized carbons (Fsp3) is 0.500. The van der Waals surface area contributed by atoms with E-state index < -0.39 is 0 Å². The Morgan fingerprint density at radius 1 is 1.29 bits per heavy atom. The summed E-state index contributed by atoms with van der Waals surface area (Å²) in [4.78, 5) is 0. The lowest BCUT2D eigenvalue weighted by molar-refractivity contribution is 0.120. The molecule has 2 atom stereocenters. The highest BCUT2D eigenvalue weighted by Crippen LogP contribution is 2.34. The largest absolute Gasteiger partial charge is 0.388 e. The number of fused-ring (bicyclic) bond motifs is 1. The summed E-state index contributed by atoms with van der Waals surface area (Å²) in [5.41, 5.74) is 4.67. The summed E-state index contributed by atoms with van der Waals surface area (Å²) in [5, 5.41) is 13.4. The highest BCUT2D eigenvalue weighted by molar-refractivity contribution is 5.58. The van der Waals surface area contributed by atoms with E-state index in [2.05, 4.69) is 38.2 Å². The molecule has 2 unspecified atom stereocenters. The third-order valence-electron chi connectivity index (χ3n) is 3.14. The van der Waals surface area contributed by atoms with Gasteiger partial charge in [0, 0.05) is 23.7 Å². The van der Waals surface area contributed by atoms with Gasteiger partial charge >= 0.3 is 0 Å². The topological polar surface area (TPSA) is 32.3 Å². The number of hydrogen-bond donors (Lipinski definition) is 2. The maximum Gasteiger partial charge on any atom is 0.0852 e.